The van der Waals surface area contributed by atoms with Crippen LogP contribution in [0.15, 0.2) is 47.6 Å². The molecule has 0 radical (unpaired) electrons. The molecule has 3 rings (SSSR count). The molecule has 1 aliphatic carbocycles. The Morgan fingerprint density at radius 3 is 2.46 bits per heavy atom. The fourth-order valence-electron chi connectivity index (χ4n) is 2.94. The van der Waals surface area contributed by atoms with E-state index in [2.05, 4.69) is 34.3 Å². The van der Waals surface area contributed by atoms with E-state index in [1.165, 1.54) is 18.4 Å². The van der Waals surface area contributed by atoms with Crippen molar-refractivity contribution in [3.05, 3.63) is 53.7 Å². The van der Waals surface area contributed by atoms with Gasteiger partial charge in [-0.25, -0.2) is 9.98 Å². The minimum absolute atomic E-state index is 0. The van der Waals surface area contributed by atoms with Crippen LogP contribution in [0.3, 0.4) is 0 Å². The molecule has 2 aromatic rings. The number of nitrogens with two attached hydrogens (primary N) is 1. The topological polar surface area (TPSA) is 72.5 Å². The van der Waals surface area contributed by atoms with Gasteiger partial charge in [0.2, 0.25) is 5.88 Å². The summed E-state index contributed by atoms with van der Waals surface area (Å²) in [7, 11) is 0. The molecule has 1 saturated carbocycles. The standard InChI is InChI=1S/C20H26N4O.HI/c1-2-15-7-10-17(11-8-15)24-20(21)23-14-16-9-12-19(22-13-16)25-18-5-3-4-6-18;/h7-13,18H,2-6,14H2,1H3,(H3,21,23,24);1H. The van der Waals surface area contributed by atoms with Crippen LogP contribution >= 0.6 is 24.0 Å². The van der Waals surface area contributed by atoms with Crippen LogP contribution in [0.25, 0.3) is 0 Å². The molecule has 26 heavy (non-hydrogen) atoms. The molecule has 5 nitrogen and oxygen atoms in total. The van der Waals surface area contributed by atoms with Gasteiger partial charge >= 0.3 is 0 Å². The summed E-state index contributed by atoms with van der Waals surface area (Å²) in [5, 5.41) is 3.11. The van der Waals surface area contributed by atoms with Crippen LogP contribution < -0.4 is 15.8 Å². The molecule has 1 aliphatic rings. The first-order valence-electron chi connectivity index (χ1n) is 9.00. The number of rotatable bonds is 6. The number of nitrogens with zero attached hydrogens (tertiary/aromatic N) is 2. The Kier molecular flexibility index (Phi) is 8.15. The minimum atomic E-state index is 0. The molecule has 6 heteroatoms. The van der Waals surface area contributed by atoms with Crippen LogP contribution in [0, 0.1) is 0 Å². The van der Waals surface area contributed by atoms with E-state index in [0.717, 1.165) is 30.5 Å². The van der Waals surface area contributed by atoms with E-state index >= 15 is 0 Å². The van der Waals surface area contributed by atoms with Gasteiger partial charge in [-0.2, -0.15) is 0 Å². The third kappa shape index (κ3) is 6.16. The molecule has 3 N–H and O–H groups in total. The van der Waals surface area contributed by atoms with E-state index in [4.69, 9.17) is 10.5 Å². The van der Waals surface area contributed by atoms with Crippen molar-refractivity contribution in [3.8, 4) is 5.88 Å². The van der Waals surface area contributed by atoms with E-state index in [1.807, 2.05) is 24.3 Å². The first kappa shape index (κ1) is 20.5. The van der Waals surface area contributed by atoms with Gasteiger partial charge in [0.05, 0.1) is 6.54 Å². The molecule has 1 heterocycles. The maximum absolute atomic E-state index is 5.96. The third-order valence-corrected chi connectivity index (χ3v) is 4.45. The first-order chi connectivity index (χ1) is 12.2. The highest BCUT2D eigenvalue weighted by molar-refractivity contribution is 14.0. The number of nitrogens with one attached hydrogen (secondary N) is 1. The van der Waals surface area contributed by atoms with Gasteiger partial charge in [0.25, 0.3) is 0 Å². The SMILES string of the molecule is CCc1ccc(NC(N)=NCc2ccc(OC3CCCC3)nc2)cc1.I. The van der Waals surface area contributed by atoms with Crippen molar-refractivity contribution in [1.29, 1.82) is 0 Å². The number of guanidine groups is 1. The summed E-state index contributed by atoms with van der Waals surface area (Å²) in [5.41, 5.74) is 9.20. The Bertz CT molecular complexity index is 695. The van der Waals surface area contributed by atoms with E-state index in [0.29, 0.717) is 24.5 Å². The second-order valence-electron chi connectivity index (χ2n) is 6.41. The molecule has 1 aromatic carbocycles. The fourth-order valence-corrected chi connectivity index (χ4v) is 2.94. The number of ether oxygens (including phenoxy) is 1. The highest BCUT2D eigenvalue weighted by atomic mass is 127. The summed E-state index contributed by atoms with van der Waals surface area (Å²) in [4.78, 5) is 8.74. The number of hydrogen-bond acceptors (Lipinski definition) is 3. The Hall–Kier alpha value is -1.83. The highest BCUT2D eigenvalue weighted by Gasteiger charge is 2.16. The smallest absolute Gasteiger partial charge is 0.213 e. The average Bonchev–Trinajstić information content (AvgIpc) is 3.15. The molecule has 0 spiro atoms. The molecule has 1 fully saturated rings. The van der Waals surface area contributed by atoms with Gasteiger partial charge in [0.15, 0.2) is 5.96 Å². The zero-order valence-corrected chi connectivity index (χ0v) is 17.5. The average molecular weight is 466 g/mol. The number of anilines is 1. The molecule has 0 atom stereocenters. The summed E-state index contributed by atoms with van der Waals surface area (Å²) in [6.45, 7) is 2.62. The summed E-state index contributed by atoms with van der Waals surface area (Å²) in [5.74, 6) is 1.09. The predicted molar refractivity (Wildman–Crippen MR) is 117 cm³/mol. The van der Waals surface area contributed by atoms with E-state index in [-0.39, 0.29) is 24.0 Å². The van der Waals surface area contributed by atoms with Gasteiger partial charge in [-0.3, -0.25) is 0 Å². The van der Waals surface area contributed by atoms with Crippen molar-refractivity contribution in [2.75, 3.05) is 5.32 Å². The summed E-state index contributed by atoms with van der Waals surface area (Å²) in [6, 6.07) is 12.1. The van der Waals surface area contributed by atoms with Gasteiger partial charge in [-0.15, -0.1) is 24.0 Å². The zero-order valence-electron chi connectivity index (χ0n) is 15.1. The molecule has 0 bridgehead atoms. The number of aryl methyl sites for hydroxylation is 1. The molecule has 0 saturated heterocycles. The molecule has 140 valence electrons. The normalized spacial score (nSPS) is 14.7. The van der Waals surface area contributed by atoms with Crippen molar-refractivity contribution in [1.82, 2.24) is 4.98 Å². The second-order valence-corrected chi connectivity index (χ2v) is 6.41. The maximum atomic E-state index is 5.96. The minimum Gasteiger partial charge on any atom is -0.474 e. The lowest BCUT2D eigenvalue weighted by Gasteiger charge is -2.11. The molecule has 0 amide bonds. The summed E-state index contributed by atoms with van der Waals surface area (Å²) in [6.07, 6.45) is 7.93. The van der Waals surface area contributed by atoms with Crippen molar-refractivity contribution in [2.45, 2.75) is 51.7 Å². The lowest BCUT2D eigenvalue weighted by Crippen LogP contribution is -2.22. The summed E-state index contributed by atoms with van der Waals surface area (Å²) < 4.78 is 5.87. The quantitative estimate of drug-likeness (QED) is 0.373. The lowest BCUT2D eigenvalue weighted by atomic mass is 10.1. The van der Waals surface area contributed by atoms with Crippen molar-refractivity contribution in [3.63, 3.8) is 0 Å². The monoisotopic (exact) mass is 466 g/mol. The molecule has 0 unspecified atom stereocenters. The van der Waals surface area contributed by atoms with Gasteiger partial charge in [0.1, 0.15) is 6.10 Å². The van der Waals surface area contributed by atoms with Crippen LogP contribution in [0.5, 0.6) is 5.88 Å². The number of aliphatic imine (C=N–C) groups is 1. The number of pyridine rings is 1. The largest absolute Gasteiger partial charge is 0.474 e. The van der Waals surface area contributed by atoms with Gasteiger partial charge < -0.3 is 15.8 Å². The Morgan fingerprint density at radius 1 is 1.15 bits per heavy atom. The van der Waals surface area contributed by atoms with Crippen LogP contribution in [0.2, 0.25) is 0 Å². The van der Waals surface area contributed by atoms with Crippen LogP contribution in [-0.4, -0.2) is 17.0 Å². The number of benzene rings is 1. The van der Waals surface area contributed by atoms with E-state index in [1.54, 1.807) is 6.20 Å². The molecule has 0 aliphatic heterocycles. The maximum Gasteiger partial charge on any atom is 0.213 e. The van der Waals surface area contributed by atoms with Crippen LogP contribution in [0.4, 0.5) is 5.69 Å². The van der Waals surface area contributed by atoms with Gasteiger partial charge in [-0.1, -0.05) is 25.1 Å². The lowest BCUT2D eigenvalue weighted by molar-refractivity contribution is 0.201. The molecule has 1 aromatic heterocycles. The fraction of sp³-hybridized carbons (Fsp3) is 0.400. The van der Waals surface area contributed by atoms with Crippen molar-refractivity contribution >= 4 is 35.6 Å². The Morgan fingerprint density at radius 2 is 1.85 bits per heavy atom. The number of aromatic nitrogens is 1. The number of halogens is 1. The van der Waals surface area contributed by atoms with Gasteiger partial charge in [-0.05, 0) is 55.4 Å². The predicted octanol–water partition coefficient (Wildman–Crippen LogP) is 4.51. The summed E-state index contributed by atoms with van der Waals surface area (Å²) >= 11 is 0. The second kappa shape index (κ2) is 10.4. The Balaban J connectivity index is 0.00000243. The van der Waals surface area contributed by atoms with E-state index in [9.17, 15) is 0 Å². The van der Waals surface area contributed by atoms with Crippen molar-refractivity contribution < 1.29 is 4.74 Å². The Labute approximate surface area is 172 Å². The molecular formula is C20H27IN4O. The number of hydrogen-bond donors (Lipinski definition) is 2. The van der Waals surface area contributed by atoms with E-state index < -0.39 is 0 Å². The van der Waals surface area contributed by atoms with Crippen molar-refractivity contribution in [2.24, 2.45) is 10.7 Å². The van der Waals surface area contributed by atoms with Gasteiger partial charge in [0, 0.05) is 18.0 Å². The van der Waals surface area contributed by atoms with Crippen LogP contribution in [0.1, 0.15) is 43.7 Å². The van der Waals surface area contributed by atoms with Crippen LogP contribution in [-0.2, 0) is 13.0 Å². The first-order valence-corrected chi connectivity index (χ1v) is 9.00. The molecular weight excluding hydrogens is 439 g/mol. The highest BCUT2D eigenvalue weighted by Crippen LogP contribution is 2.22. The third-order valence-electron chi connectivity index (χ3n) is 4.45. The zero-order chi connectivity index (χ0) is 17.5.